The van der Waals surface area contributed by atoms with Crippen molar-refractivity contribution in [2.45, 2.75) is 58.8 Å². The zero-order chi connectivity index (χ0) is 10.9. The molecular weight excluding hydrogens is 192 g/mol. The van der Waals surface area contributed by atoms with Gasteiger partial charge in [0.05, 0.1) is 0 Å². The highest BCUT2D eigenvalue weighted by Crippen LogP contribution is 2.70. The number of hydrogen-bond donors (Lipinski definition) is 0. The molecule has 0 aromatic carbocycles. The lowest BCUT2D eigenvalue weighted by Gasteiger charge is -2.35. The maximum Gasteiger partial charge on any atom is -0.0264 e. The summed E-state index contributed by atoms with van der Waals surface area (Å²) in [7, 11) is 0. The molecule has 90 valence electrons. The van der Waals surface area contributed by atoms with Gasteiger partial charge in [-0.15, -0.1) is 0 Å². The Balaban J connectivity index is 1.74. The van der Waals surface area contributed by atoms with Gasteiger partial charge in [-0.2, -0.15) is 0 Å². The van der Waals surface area contributed by atoms with Crippen LogP contribution in [0.4, 0.5) is 0 Å². The molecule has 3 unspecified atom stereocenters. The van der Waals surface area contributed by atoms with Gasteiger partial charge in [-0.1, -0.05) is 26.7 Å². The van der Waals surface area contributed by atoms with E-state index in [-0.39, 0.29) is 0 Å². The van der Waals surface area contributed by atoms with Crippen LogP contribution < -0.4 is 0 Å². The fourth-order valence-corrected chi connectivity index (χ4v) is 6.84. The first-order valence-corrected chi connectivity index (χ1v) is 7.72. The minimum Gasteiger partial charge on any atom is -0.0620 e. The lowest BCUT2D eigenvalue weighted by molar-refractivity contribution is 0.129. The van der Waals surface area contributed by atoms with Crippen molar-refractivity contribution in [1.82, 2.24) is 0 Å². The fraction of sp³-hybridized carbons (Fsp3) is 1.00. The minimum absolute atomic E-state index is 0.780. The van der Waals surface area contributed by atoms with Crippen LogP contribution in [0.15, 0.2) is 0 Å². The molecule has 0 aromatic rings. The summed E-state index contributed by atoms with van der Waals surface area (Å²) in [6.07, 6.45) is 11.0. The highest BCUT2D eigenvalue weighted by Gasteiger charge is 2.63. The van der Waals surface area contributed by atoms with Crippen molar-refractivity contribution in [2.75, 3.05) is 0 Å². The first-order valence-electron chi connectivity index (χ1n) is 7.72. The molecule has 0 heteroatoms. The Hall–Kier alpha value is 0. The van der Waals surface area contributed by atoms with Gasteiger partial charge < -0.3 is 0 Å². The number of rotatable bonds is 0. The second-order valence-corrected chi connectivity index (χ2v) is 7.64. The van der Waals surface area contributed by atoms with Gasteiger partial charge in [0.15, 0.2) is 0 Å². The Morgan fingerprint density at radius 1 is 0.938 bits per heavy atom. The van der Waals surface area contributed by atoms with Gasteiger partial charge in [-0.05, 0) is 73.0 Å². The molecule has 7 atom stereocenters. The molecule has 4 saturated carbocycles. The summed E-state index contributed by atoms with van der Waals surface area (Å²) in [5.74, 6) is 6.74. The van der Waals surface area contributed by atoms with E-state index in [0.29, 0.717) is 0 Å². The predicted molar refractivity (Wildman–Crippen MR) is 67.0 cm³/mol. The third kappa shape index (κ3) is 0.985. The molecule has 16 heavy (non-hydrogen) atoms. The molecule has 0 radical (unpaired) electrons. The van der Waals surface area contributed by atoms with E-state index in [1.165, 1.54) is 6.42 Å². The van der Waals surface area contributed by atoms with Crippen LogP contribution in [0.5, 0.6) is 0 Å². The molecule has 0 aliphatic heterocycles. The van der Waals surface area contributed by atoms with Crippen LogP contribution in [0.1, 0.15) is 58.8 Å². The fourth-order valence-electron chi connectivity index (χ4n) is 6.84. The predicted octanol–water partition coefficient (Wildman–Crippen LogP) is 4.49. The maximum atomic E-state index is 2.67. The van der Waals surface area contributed by atoms with Crippen LogP contribution in [0.3, 0.4) is 0 Å². The van der Waals surface area contributed by atoms with Gasteiger partial charge in [-0.3, -0.25) is 0 Å². The van der Waals surface area contributed by atoms with Crippen molar-refractivity contribution in [3.8, 4) is 0 Å². The topological polar surface area (TPSA) is 0 Å². The molecule has 4 aliphatic carbocycles. The van der Waals surface area contributed by atoms with E-state index in [4.69, 9.17) is 0 Å². The van der Waals surface area contributed by atoms with E-state index in [1.54, 1.807) is 38.5 Å². The largest absolute Gasteiger partial charge is 0.0620 e. The minimum atomic E-state index is 0.780. The highest BCUT2D eigenvalue weighted by atomic mass is 14.7. The van der Waals surface area contributed by atoms with Gasteiger partial charge in [0, 0.05) is 0 Å². The second kappa shape index (κ2) is 3.06. The SMILES string of the molecule is CC1C2C[C@@H]3CCC[C@]3(C)C2[C@@H]2CCC[C@H]12. The number of fused-ring (bicyclic) bond motifs is 5. The van der Waals surface area contributed by atoms with Gasteiger partial charge >= 0.3 is 0 Å². The molecule has 0 heterocycles. The standard InChI is InChI=1S/C16H26/c1-10-12-6-3-7-13(12)15-14(10)9-11-5-4-8-16(11,15)2/h10-15H,3-9H2,1-2H3/t10?,11-,12+,13+,14?,15?,16-/m0/s1. The molecule has 0 amide bonds. The van der Waals surface area contributed by atoms with Crippen molar-refractivity contribution in [1.29, 1.82) is 0 Å². The van der Waals surface area contributed by atoms with Crippen molar-refractivity contribution < 1.29 is 0 Å². The summed E-state index contributed by atoms with van der Waals surface area (Å²) in [5, 5.41) is 0. The normalized spacial score (nSPS) is 63.4. The summed E-state index contributed by atoms with van der Waals surface area (Å²) in [5.41, 5.74) is 0.780. The molecule has 4 rings (SSSR count). The summed E-state index contributed by atoms with van der Waals surface area (Å²) in [4.78, 5) is 0. The lowest BCUT2D eigenvalue weighted by atomic mass is 9.69. The maximum absolute atomic E-state index is 2.67. The van der Waals surface area contributed by atoms with E-state index < -0.39 is 0 Å². The molecule has 0 N–H and O–H groups in total. The first-order chi connectivity index (χ1) is 7.72. The Kier molecular flexibility index (Phi) is 1.91. The zero-order valence-corrected chi connectivity index (χ0v) is 10.9. The Bertz CT molecular complexity index is 305. The molecule has 0 spiro atoms. The van der Waals surface area contributed by atoms with Gasteiger partial charge in [0.25, 0.3) is 0 Å². The van der Waals surface area contributed by atoms with Crippen LogP contribution in [-0.4, -0.2) is 0 Å². The van der Waals surface area contributed by atoms with E-state index in [1.807, 2.05) is 0 Å². The van der Waals surface area contributed by atoms with E-state index in [2.05, 4.69) is 13.8 Å². The summed E-state index contributed by atoms with van der Waals surface area (Å²) >= 11 is 0. The van der Waals surface area contributed by atoms with Crippen molar-refractivity contribution >= 4 is 0 Å². The van der Waals surface area contributed by atoms with Gasteiger partial charge in [0.1, 0.15) is 0 Å². The van der Waals surface area contributed by atoms with Crippen molar-refractivity contribution in [3.63, 3.8) is 0 Å². The lowest BCUT2D eigenvalue weighted by Crippen LogP contribution is -2.29. The third-order valence-electron chi connectivity index (χ3n) is 7.42. The highest BCUT2D eigenvalue weighted by molar-refractivity contribution is 5.12. The summed E-state index contributed by atoms with van der Waals surface area (Å²) in [6, 6.07) is 0. The average molecular weight is 218 g/mol. The molecular formula is C16H26. The molecule has 0 bridgehead atoms. The van der Waals surface area contributed by atoms with Crippen molar-refractivity contribution in [3.05, 3.63) is 0 Å². The Morgan fingerprint density at radius 3 is 2.62 bits per heavy atom. The molecule has 4 aliphatic rings. The molecule has 4 fully saturated rings. The summed E-state index contributed by atoms with van der Waals surface area (Å²) < 4.78 is 0. The smallest absolute Gasteiger partial charge is 0.0264 e. The Labute approximate surface area is 100 Å². The summed E-state index contributed by atoms with van der Waals surface area (Å²) in [6.45, 7) is 5.26. The van der Waals surface area contributed by atoms with Crippen LogP contribution in [0.25, 0.3) is 0 Å². The molecule has 0 aromatic heterocycles. The Morgan fingerprint density at radius 2 is 1.75 bits per heavy atom. The first kappa shape index (κ1) is 9.97. The van der Waals surface area contributed by atoms with E-state index >= 15 is 0 Å². The van der Waals surface area contributed by atoms with Gasteiger partial charge in [-0.25, -0.2) is 0 Å². The van der Waals surface area contributed by atoms with Crippen LogP contribution in [0.2, 0.25) is 0 Å². The average Bonchev–Trinajstić information content (AvgIpc) is 2.90. The second-order valence-electron chi connectivity index (χ2n) is 7.64. The van der Waals surface area contributed by atoms with Crippen LogP contribution in [0, 0.1) is 40.9 Å². The van der Waals surface area contributed by atoms with E-state index in [0.717, 1.165) is 40.9 Å². The monoisotopic (exact) mass is 218 g/mol. The quantitative estimate of drug-likeness (QED) is 0.562. The number of hydrogen-bond acceptors (Lipinski definition) is 0. The van der Waals surface area contributed by atoms with Crippen LogP contribution in [-0.2, 0) is 0 Å². The van der Waals surface area contributed by atoms with Gasteiger partial charge in [0.2, 0.25) is 0 Å². The zero-order valence-electron chi connectivity index (χ0n) is 10.9. The van der Waals surface area contributed by atoms with Crippen molar-refractivity contribution in [2.24, 2.45) is 40.9 Å². The molecule has 0 nitrogen and oxygen atoms in total. The van der Waals surface area contributed by atoms with Crippen LogP contribution >= 0.6 is 0 Å². The third-order valence-corrected chi connectivity index (χ3v) is 7.42. The van der Waals surface area contributed by atoms with E-state index in [9.17, 15) is 0 Å². The molecule has 0 saturated heterocycles.